The summed E-state index contributed by atoms with van der Waals surface area (Å²) in [4.78, 5) is 8.53. The van der Waals surface area contributed by atoms with Crippen LogP contribution >= 0.6 is 11.8 Å². The molecule has 4 N–H and O–H groups in total. The standard InChI is InChI=1S/C12H23N5S/c1-5-12(6-2,18-4)8-14-10-7-11(17-13)16-9(3)15-10/h7H,5-6,8,13H2,1-4H3,(H2,14,15,16,17). The monoisotopic (exact) mass is 269 g/mol. The summed E-state index contributed by atoms with van der Waals surface area (Å²) in [6, 6.07) is 1.82. The number of aryl methyl sites for hydroxylation is 1. The maximum absolute atomic E-state index is 5.38. The van der Waals surface area contributed by atoms with Crippen LogP contribution in [0.2, 0.25) is 0 Å². The molecule has 0 saturated carbocycles. The van der Waals surface area contributed by atoms with Crippen LogP contribution in [-0.2, 0) is 0 Å². The number of aromatic nitrogens is 2. The zero-order valence-electron chi connectivity index (χ0n) is 11.6. The van der Waals surface area contributed by atoms with E-state index in [9.17, 15) is 0 Å². The molecule has 0 saturated heterocycles. The highest BCUT2D eigenvalue weighted by Crippen LogP contribution is 2.30. The zero-order chi connectivity index (χ0) is 13.6. The lowest BCUT2D eigenvalue weighted by Crippen LogP contribution is -2.32. The predicted molar refractivity (Wildman–Crippen MR) is 79.9 cm³/mol. The number of thioether (sulfide) groups is 1. The molecule has 0 aliphatic rings. The van der Waals surface area contributed by atoms with Crippen LogP contribution in [0.1, 0.15) is 32.5 Å². The first-order valence-corrected chi connectivity index (χ1v) is 7.43. The minimum Gasteiger partial charge on any atom is -0.369 e. The van der Waals surface area contributed by atoms with Crippen LogP contribution in [-0.4, -0.2) is 27.5 Å². The average molecular weight is 269 g/mol. The molecular weight excluding hydrogens is 246 g/mol. The van der Waals surface area contributed by atoms with Gasteiger partial charge in [0.1, 0.15) is 17.5 Å². The van der Waals surface area contributed by atoms with E-state index in [-0.39, 0.29) is 4.75 Å². The van der Waals surface area contributed by atoms with Crippen molar-refractivity contribution in [2.24, 2.45) is 5.84 Å². The lowest BCUT2D eigenvalue weighted by atomic mass is 10.0. The van der Waals surface area contributed by atoms with Gasteiger partial charge in [0.2, 0.25) is 0 Å². The Hall–Kier alpha value is -1.01. The lowest BCUT2D eigenvalue weighted by molar-refractivity contribution is 0.574. The van der Waals surface area contributed by atoms with Gasteiger partial charge in [0, 0.05) is 17.4 Å². The molecule has 0 unspecified atom stereocenters. The van der Waals surface area contributed by atoms with Gasteiger partial charge in [0.05, 0.1) is 0 Å². The minimum absolute atomic E-state index is 0.259. The highest BCUT2D eigenvalue weighted by molar-refractivity contribution is 8.00. The molecule has 6 heteroatoms. The molecule has 1 rings (SSSR count). The van der Waals surface area contributed by atoms with Crippen LogP contribution in [0.25, 0.3) is 0 Å². The molecule has 0 fully saturated rings. The Morgan fingerprint density at radius 1 is 1.28 bits per heavy atom. The van der Waals surface area contributed by atoms with Crippen LogP contribution in [0.4, 0.5) is 11.6 Å². The Bertz CT molecular complexity index is 370. The number of rotatable bonds is 7. The van der Waals surface area contributed by atoms with Gasteiger partial charge in [-0.25, -0.2) is 15.8 Å². The van der Waals surface area contributed by atoms with Gasteiger partial charge >= 0.3 is 0 Å². The summed E-state index contributed by atoms with van der Waals surface area (Å²) in [5, 5.41) is 3.39. The largest absolute Gasteiger partial charge is 0.369 e. The van der Waals surface area contributed by atoms with Gasteiger partial charge in [-0.05, 0) is 26.0 Å². The smallest absolute Gasteiger partial charge is 0.145 e. The Balaban J connectivity index is 2.76. The summed E-state index contributed by atoms with van der Waals surface area (Å²) >= 11 is 1.90. The molecule has 0 aliphatic carbocycles. The maximum atomic E-state index is 5.38. The second-order valence-electron chi connectivity index (χ2n) is 4.28. The van der Waals surface area contributed by atoms with E-state index in [4.69, 9.17) is 5.84 Å². The molecule has 18 heavy (non-hydrogen) atoms. The molecule has 1 heterocycles. The average Bonchev–Trinajstić information content (AvgIpc) is 2.40. The second-order valence-corrected chi connectivity index (χ2v) is 5.55. The van der Waals surface area contributed by atoms with Gasteiger partial charge in [-0.2, -0.15) is 11.8 Å². The third kappa shape index (κ3) is 3.74. The summed E-state index contributed by atoms with van der Waals surface area (Å²) < 4.78 is 0.259. The molecule has 102 valence electrons. The third-order valence-corrected chi connectivity index (χ3v) is 4.89. The number of hydrogen-bond donors (Lipinski definition) is 3. The summed E-state index contributed by atoms with van der Waals surface area (Å²) in [6.45, 7) is 7.19. The van der Waals surface area contributed by atoms with Crippen molar-refractivity contribution in [3.8, 4) is 0 Å². The van der Waals surface area contributed by atoms with E-state index in [1.54, 1.807) is 0 Å². The van der Waals surface area contributed by atoms with Crippen LogP contribution < -0.4 is 16.6 Å². The number of nitrogens with one attached hydrogen (secondary N) is 2. The van der Waals surface area contributed by atoms with Crippen molar-refractivity contribution < 1.29 is 0 Å². The van der Waals surface area contributed by atoms with Crippen molar-refractivity contribution in [2.75, 3.05) is 23.5 Å². The highest BCUT2D eigenvalue weighted by Gasteiger charge is 2.24. The fourth-order valence-corrected chi connectivity index (χ4v) is 2.64. The molecule has 0 atom stereocenters. The van der Waals surface area contributed by atoms with Crippen molar-refractivity contribution in [3.63, 3.8) is 0 Å². The van der Waals surface area contributed by atoms with E-state index in [1.807, 2.05) is 24.8 Å². The summed E-state index contributed by atoms with van der Waals surface area (Å²) in [7, 11) is 0. The molecule has 0 radical (unpaired) electrons. The van der Waals surface area contributed by atoms with E-state index in [1.165, 1.54) is 0 Å². The molecule has 0 aromatic carbocycles. The van der Waals surface area contributed by atoms with E-state index in [2.05, 4.69) is 40.8 Å². The lowest BCUT2D eigenvalue weighted by Gasteiger charge is -2.30. The number of nitrogen functional groups attached to an aromatic ring is 1. The summed E-state index contributed by atoms with van der Waals surface area (Å²) in [6.07, 6.45) is 4.42. The quantitative estimate of drug-likeness (QED) is 0.521. The minimum atomic E-state index is 0.259. The number of hydrazine groups is 1. The molecule has 0 spiro atoms. The second kappa shape index (κ2) is 6.80. The van der Waals surface area contributed by atoms with Gasteiger partial charge in [0.15, 0.2) is 0 Å². The molecule has 0 amide bonds. The van der Waals surface area contributed by atoms with Gasteiger partial charge in [-0.15, -0.1) is 0 Å². The molecule has 1 aromatic rings. The predicted octanol–water partition coefficient (Wildman–Crippen LogP) is 2.40. The van der Waals surface area contributed by atoms with Gasteiger partial charge in [-0.3, -0.25) is 0 Å². The Labute approximate surface area is 113 Å². The fraction of sp³-hybridized carbons (Fsp3) is 0.667. The van der Waals surface area contributed by atoms with Crippen molar-refractivity contribution in [2.45, 2.75) is 38.4 Å². The van der Waals surface area contributed by atoms with Crippen LogP contribution in [0.15, 0.2) is 6.07 Å². The van der Waals surface area contributed by atoms with Crippen molar-refractivity contribution in [1.29, 1.82) is 0 Å². The number of nitrogens with two attached hydrogens (primary N) is 1. The molecular formula is C12H23N5S. The SMILES string of the molecule is CCC(CC)(CNc1cc(NN)nc(C)n1)SC. The van der Waals surface area contributed by atoms with Crippen LogP contribution in [0.5, 0.6) is 0 Å². The number of anilines is 2. The topological polar surface area (TPSA) is 75.9 Å². The number of nitrogens with zero attached hydrogens (tertiary/aromatic N) is 2. The maximum Gasteiger partial charge on any atom is 0.145 e. The normalized spacial score (nSPS) is 11.4. The molecule has 0 aliphatic heterocycles. The third-order valence-electron chi connectivity index (χ3n) is 3.30. The van der Waals surface area contributed by atoms with Crippen LogP contribution in [0, 0.1) is 6.92 Å². The Kier molecular flexibility index (Phi) is 5.68. The van der Waals surface area contributed by atoms with Gasteiger partial charge in [-0.1, -0.05) is 13.8 Å². The summed E-state index contributed by atoms with van der Waals surface area (Å²) in [5.74, 6) is 7.53. The Morgan fingerprint density at radius 3 is 2.39 bits per heavy atom. The molecule has 5 nitrogen and oxygen atoms in total. The highest BCUT2D eigenvalue weighted by atomic mass is 32.2. The van der Waals surface area contributed by atoms with Crippen molar-refractivity contribution in [1.82, 2.24) is 9.97 Å². The van der Waals surface area contributed by atoms with Crippen LogP contribution in [0.3, 0.4) is 0 Å². The first kappa shape index (κ1) is 15.0. The van der Waals surface area contributed by atoms with Gasteiger partial charge < -0.3 is 10.7 Å². The van der Waals surface area contributed by atoms with Crippen molar-refractivity contribution >= 4 is 23.4 Å². The van der Waals surface area contributed by atoms with Gasteiger partial charge in [0.25, 0.3) is 0 Å². The van der Waals surface area contributed by atoms with E-state index in [0.717, 1.165) is 25.2 Å². The number of hydrogen-bond acceptors (Lipinski definition) is 6. The zero-order valence-corrected chi connectivity index (χ0v) is 12.4. The van der Waals surface area contributed by atoms with E-state index >= 15 is 0 Å². The van der Waals surface area contributed by atoms with E-state index < -0.39 is 0 Å². The first-order chi connectivity index (χ1) is 8.59. The molecule has 1 aromatic heterocycles. The molecule has 0 bridgehead atoms. The summed E-state index contributed by atoms with van der Waals surface area (Å²) in [5.41, 5.74) is 2.55. The van der Waals surface area contributed by atoms with Crippen molar-refractivity contribution in [3.05, 3.63) is 11.9 Å². The van der Waals surface area contributed by atoms with E-state index in [0.29, 0.717) is 11.6 Å². The Morgan fingerprint density at radius 2 is 1.89 bits per heavy atom. The first-order valence-electron chi connectivity index (χ1n) is 6.20. The fourth-order valence-electron chi connectivity index (χ4n) is 1.84.